The number of rotatable bonds is 10. The van der Waals surface area contributed by atoms with E-state index < -0.39 is 10.0 Å². The largest absolute Gasteiger partial charge is 0.357 e. The van der Waals surface area contributed by atoms with Gasteiger partial charge in [-0.05, 0) is 24.5 Å². The molecular formula is C21H31IN4O2S. The highest BCUT2D eigenvalue weighted by Crippen LogP contribution is 2.27. The third-order valence-electron chi connectivity index (χ3n) is 4.22. The lowest BCUT2D eigenvalue weighted by molar-refractivity contribution is 0.586. The molecular weight excluding hydrogens is 499 g/mol. The molecule has 0 atom stereocenters. The van der Waals surface area contributed by atoms with E-state index in [2.05, 4.69) is 68.9 Å². The van der Waals surface area contributed by atoms with Crippen LogP contribution in [0.2, 0.25) is 0 Å². The third kappa shape index (κ3) is 10.1. The second-order valence-electron chi connectivity index (χ2n) is 6.52. The molecule has 6 nitrogen and oxygen atoms in total. The number of nitrogens with one attached hydrogen (secondary N) is 3. The second kappa shape index (κ2) is 13.6. The van der Waals surface area contributed by atoms with Crippen molar-refractivity contribution in [3.8, 4) is 0 Å². The third-order valence-corrected chi connectivity index (χ3v) is 4.95. The summed E-state index contributed by atoms with van der Waals surface area (Å²) >= 11 is 0. The van der Waals surface area contributed by atoms with Gasteiger partial charge in [-0.2, -0.15) is 0 Å². The number of aliphatic imine (C=N–C) groups is 1. The van der Waals surface area contributed by atoms with Gasteiger partial charge in [0.05, 0.1) is 6.26 Å². The van der Waals surface area contributed by atoms with Gasteiger partial charge < -0.3 is 10.6 Å². The summed E-state index contributed by atoms with van der Waals surface area (Å²) in [6, 6.07) is 20.9. The highest BCUT2D eigenvalue weighted by molar-refractivity contribution is 14.0. The Hall–Kier alpha value is -1.65. The predicted molar refractivity (Wildman–Crippen MR) is 132 cm³/mol. The van der Waals surface area contributed by atoms with Crippen LogP contribution in [0.15, 0.2) is 65.7 Å². The van der Waals surface area contributed by atoms with Crippen LogP contribution >= 0.6 is 24.0 Å². The van der Waals surface area contributed by atoms with Crippen molar-refractivity contribution in [3.63, 3.8) is 0 Å². The maximum absolute atomic E-state index is 11.1. The van der Waals surface area contributed by atoms with Crippen LogP contribution in [0.3, 0.4) is 0 Å². The van der Waals surface area contributed by atoms with E-state index in [1.165, 1.54) is 11.1 Å². The van der Waals surface area contributed by atoms with Gasteiger partial charge in [-0.15, -0.1) is 24.0 Å². The van der Waals surface area contributed by atoms with Crippen LogP contribution in [0.25, 0.3) is 0 Å². The monoisotopic (exact) mass is 530 g/mol. The molecule has 29 heavy (non-hydrogen) atoms. The fourth-order valence-corrected chi connectivity index (χ4v) is 3.43. The number of nitrogens with zero attached hydrogens (tertiary/aromatic N) is 1. The number of guanidine groups is 1. The molecule has 0 unspecified atom stereocenters. The number of sulfonamides is 1. The van der Waals surface area contributed by atoms with Gasteiger partial charge in [0, 0.05) is 32.1 Å². The molecule has 0 radical (unpaired) electrons. The summed E-state index contributed by atoms with van der Waals surface area (Å²) in [5, 5.41) is 6.35. The maximum Gasteiger partial charge on any atom is 0.208 e. The van der Waals surface area contributed by atoms with Crippen LogP contribution in [0.4, 0.5) is 0 Å². The quantitative estimate of drug-likeness (QED) is 0.191. The maximum atomic E-state index is 11.1. The van der Waals surface area contributed by atoms with Gasteiger partial charge in [-0.3, -0.25) is 4.99 Å². The zero-order chi connectivity index (χ0) is 20.2. The Balaban J connectivity index is 0.00000420. The van der Waals surface area contributed by atoms with E-state index >= 15 is 0 Å². The molecule has 0 spiro atoms. The minimum absolute atomic E-state index is 0. The number of benzene rings is 2. The average molecular weight is 530 g/mol. The van der Waals surface area contributed by atoms with E-state index in [9.17, 15) is 8.42 Å². The minimum Gasteiger partial charge on any atom is -0.357 e. The van der Waals surface area contributed by atoms with Gasteiger partial charge in [0.1, 0.15) is 0 Å². The smallest absolute Gasteiger partial charge is 0.208 e. The molecule has 2 aromatic rings. The topological polar surface area (TPSA) is 82.6 Å². The normalized spacial score (nSPS) is 11.8. The molecule has 0 aliphatic carbocycles. The molecule has 8 heteroatoms. The summed E-state index contributed by atoms with van der Waals surface area (Å²) < 4.78 is 24.7. The van der Waals surface area contributed by atoms with Crippen molar-refractivity contribution < 1.29 is 8.42 Å². The molecule has 0 saturated carbocycles. The van der Waals surface area contributed by atoms with E-state index in [0.29, 0.717) is 25.6 Å². The zero-order valence-corrected chi connectivity index (χ0v) is 20.1. The van der Waals surface area contributed by atoms with Crippen molar-refractivity contribution in [1.29, 1.82) is 0 Å². The Morgan fingerprint density at radius 2 is 1.48 bits per heavy atom. The Bertz CT molecular complexity index is 791. The highest BCUT2D eigenvalue weighted by Gasteiger charge is 2.13. The molecule has 0 saturated heterocycles. The zero-order valence-electron chi connectivity index (χ0n) is 17.0. The summed E-state index contributed by atoms with van der Waals surface area (Å²) in [5.41, 5.74) is 2.55. The molecule has 3 N–H and O–H groups in total. The van der Waals surface area contributed by atoms with Gasteiger partial charge in [-0.1, -0.05) is 60.7 Å². The molecule has 2 aromatic carbocycles. The minimum atomic E-state index is -3.17. The van der Waals surface area contributed by atoms with Gasteiger partial charge in [0.15, 0.2) is 5.96 Å². The van der Waals surface area contributed by atoms with E-state index in [-0.39, 0.29) is 29.9 Å². The van der Waals surface area contributed by atoms with E-state index in [1.807, 2.05) is 19.1 Å². The summed E-state index contributed by atoms with van der Waals surface area (Å²) in [5.74, 6) is 0.971. The van der Waals surface area contributed by atoms with Crippen LogP contribution < -0.4 is 15.4 Å². The standard InChI is InChI=1S/C21H30N4O2S.HI/c1-3-22-21(24-16-17-25-28(2,26)27)23-15-14-20(18-10-6-4-7-11-18)19-12-8-5-9-13-19;/h4-13,20,25H,3,14-17H2,1-2H3,(H2,22,23,24);1H. The van der Waals surface area contributed by atoms with E-state index in [1.54, 1.807) is 0 Å². The van der Waals surface area contributed by atoms with Crippen molar-refractivity contribution in [3.05, 3.63) is 71.8 Å². The van der Waals surface area contributed by atoms with Gasteiger partial charge in [-0.25, -0.2) is 13.1 Å². The summed E-state index contributed by atoms with van der Waals surface area (Å²) in [6.45, 7) is 4.19. The van der Waals surface area contributed by atoms with E-state index in [0.717, 1.165) is 19.2 Å². The first kappa shape index (κ1) is 25.4. The molecule has 0 aliphatic rings. The van der Waals surface area contributed by atoms with Crippen molar-refractivity contribution in [2.45, 2.75) is 19.3 Å². The summed E-state index contributed by atoms with van der Waals surface area (Å²) in [4.78, 5) is 4.66. The lowest BCUT2D eigenvalue weighted by atomic mass is 9.89. The first-order valence-corrected chi connectivity index (χ1v) is 11.5. The molecule has 0 amide bonds. The lowest BCUT2D eigenvalue weighted by Crippen LogP contribution is -2.41. The fraction of sp³-hybridized carbons (Fsp3) is 0.381. The van der Waals surface area contributed by atoms with Gasteiger partial charge >= 0.3 is 0 Å². The molecule has 0 heterocycles. The number of halogens is 1. The molecule has 0 bridgehead atoms. The Kier molecular flexibility index (Phi) is 11.9. The van der Waals surface area contributed by atoms with Crippen LogP contribution in [0.5, 0.6) is 0 Å². The molecule has 0 aliphatic heterocycles. The fourth-order valence-electron chi connectivity index (χ4n) is 2.96. The van der Waals surface area contributed by atoms with Crippen LogP contribution in [-0.2, 0) is 10.0 Å². The highest BCUT2D eigenvalue weighted by atomic mass is 127. The predicted octanol–water partition coefficient (Wildman–Crippen LogP) is 2.93. The molecule has 0 fully saturated rings. The average Bonchev–Trinajstić information content (AvgIpc) is 2.69. The molecule has 160 valence electrons. The van der Waals surface area contributed by atoms with Crippen molar-refractivity contribution >= 4 is 40.0 Å². The second-order valence-corrected chi connectivity index (χ2v) is 8.35. The number of hydrogen-bond donors (Lipinski definition) is 3. The van der Waals surface area contributed by atoms with Crippen molar-refractivity contribution in [2.75, 3.05) is 32.4 Å². The number of hydrogen-bond acceptors (Lipinski definition) is 3. The summed E-state index contributed by atoms with van der Waals surface area (Å²) in [6.07, 6.45) is 2.03. The molecule has 0 aromatic heterocycles. The van der Waals surface area contributed by atoms with Crippen LogP contribution in [0, 0.1) is 0 Å². The first-order chi connectivity index (χ1) is 13.5. The summed E-state index contributed by atoms with van der Waals surface area (Å²) in [7, 11) is -3.17. The van der Waals surface area contributed by atoms with Crippen molar-refractivity contribution in [2.24, 2.45) is 4.99 Å². The Labute approximate surface area is 191 Å². The molecule has 2 rings (SSSR count). The Morgan fingerprint density at radius 3 is 1.97 bits per heavy atom. The van der Waals surface area contributed by atoms with E-state index in [4.69, 9.17) is 0 Å². The Morgan fingerprint density at radius 1 is 0.931 bits per heavy atom. The van der Waals surface area contributed by atoms with Gasteiger partial charge in [0.25, 0.3) is 0 Å². The lowest BCUT2D eigenvalue weighted by Gasteiger charge is -2.18. The SMILES string of the molecule is CCNC(=NCCC(c1ccccc1)c1ccccc1)NCCNS(C)(=O)=O.I. The van der Waals surface area contributed by atoms with Crippen LogP contribution in [0.1, 0.15) is 30.4 Å². The van der Waals surface area contributed by atoms with Crippen molar-refractivity contribution in [1.82, 2.24) is 15.4 Å². The first-order valence-electron chi connectivity index (χ1n) is 9.56. The van der Waals surface area contributed by atoms with Crippen LogP contribution in [-0.4, -0.2) is 46.8 Å². The van der Waals surface area contributed by atoms with Gasteiger partial charge in [0.2, 0.25) is 10.0 Å².